The van der Waals surface area contributed by atoms with Gasteiger partial charge in [-0.15, -0.1) is 0 Å². The highest BCUT2D eigenvalue weighted by Crippen LogP contribution is 2.27. The van der Waals surface area contributed by atoms with Gasteiger partial charge in [0.1, 0.15) is 0 Å². The molecular formula is C19H34N2O2. The molecule has 1 saturated heterocycles. The van der Waals surface area contributed by atoms with Crippen molar-refractivity contribution in [2.45, 2.75) is 90.0 Å². The Bertz CT molecular complexity index is 370. The quantitative estimate of drug-likeness (QED) is 0.778. The van der Waals surface area contributed by atoms with Gasteiger partial charge in [0.25, 0.3) is 0 Å². The van der Waals surface area contributed by atoms with E-state index in [-0.39, 0.29) is 17.9 Å². The minimum absolute atomic E-state index is 0.214. The predicted octanol–water partition coefficient (Wildman–Crippen LogP) is 3.64. The monoisotopic (exact) mass is 322 g/mol. The van der Waals surface area contributed by atoms with Crippen molar-refractivity contribution in [3.63, 3.8) is 0 Å². The molecule has 2 amide bonds. The van der Waals surface area contributed by atoms with Crippen LogP contribution in [-0.2, 0) is 9.59 Å². The van der Waals surface area contributed by atoms with Gasteiger partial charge >= 0.3 is 0 Å². The van der Waals surface area contributed by atoms with Crippen LogP contribution in [0.15, 0.2) is 0 Å². The normalized spacial score (nSPS) is 20.5. The third kappa shape index (κ3) is 6.52. The van der Waals surface area contributed by atoms with Gasteiger partial charge in [-0.1, -0.05) is 45.4 Å². The number of unbranched alkanes of at least 4 members (excludes halogenated alkanes) is 1. The fraction of sp³-hybridized carbons (Fsp3) is 0.895. The molecule has 4 nitrogen and oxygen atoms in total. The lowest BCUT2D eigenvalue weighted by Crippen LogP contribution is -2.46. The van der Waals surface area contributed by atoms with E-state index in [0.717, 1.165) is 51.1 Å². The first-order valence-electron chi connectivity index (χ1n) is 9.76. The van der Waals surface area contributed by atoms with E-state index in [4.69, 9.17) is 0 Å². The van der Waals surface area contributed by atoms with Crippen molar-refractivity contribution in [3.05, 3.63) is 0 Å². The molecule has 1 N–H and O–H groups in total. The fourth-order valence-electron chi connectivity index (χ4n) is 3.87. The molecule has 0 bridgehead atoms. The Morgan fingerprint density at radius 3 is 2.35 bits per heavy atom. The molecular weight excluding hydrogens is 288 g/mol. The summed E-state index contributed by atoms with van der Waals surface area (Å²) in [4.78, 5) is 26.1. The minimum atomic E-state index is 0.214. The maximum Gasteiger partial charge on any atom is 0.222 e. The summed E-state index contributed by atoms with van der Waals surface area (Å²) in [7, 11) is 0. The Balaban J connectivity index is 1.59. The Hall–Kier alpha value is -1.06. The van der Waals surface area contributed by atoms with Gasteiger partial charge in [-0.05, 0) is 31.6 Å². The van der Waals surface area contributed by atoms with Crippen LogP contribution in [0.2, 0.25) is 0 Å². The summed E-state index contributed by atoms with van der Waals surface area (Å²) in [5.41, 5.74) is 0. The molecule has 2 rings (SSSR count). The van der Waals surface area contributed by atoms with E-state index in [9.17, 15) is 9.59 Å². The topological polar surface area (TPSA) is 49.4 Å². The number of hydrogen-bond acceptors (Lipinski definition) is 2. The summed E-state index contributed by atoms with van der Waals surface area (Å²) in [6.45, 7) is 3.72. The lowest BCUT2D eigenvalue weighted by Gasteiger charge is -2.32. The van der Waals surface area contributed by atoms with Crippen molar-refractivity contribution >= 4 is 11.8 Å². The smallest absolute Gasteiger partial charge is 0.222 e. The zero-order chi connectivity index (χ0) is 16.5. The molecule has 1 heterocycles. The fourth-order valence-corrected chi connectivity index (χ4v) is 3.87. The van der Waals surface area contributed by atoms with E-state index in [2.05, 4.69) is 12.2 Å². The number of carbonyl (C=O) groups excluding carboxylic acids is 2. The van der Waals surface area contributed by atoms with Crippen LogP contribution in [0, 0.1) is 5.92 Å². The van der Waals surface area contributed by atoms with Gasteiger partial charge in [0.2, 0.25) is 11.8 Å². The van der Waals surface area contributed by atoms with E-state index in [0.29, 0.717) is 12.8 Å². The number of nitrogens with one attached hydrogen (secondary N) is 1. The zero-order valence-electron chi connectivity index (χ0n) is 14.8. The van der Waals surface area contributed by atoms with Crippen LogP contribution < -0.4 is 5.32 Å². The molecule has 2 aliphatic rings. The molecule has 1 saturated carbocycles. The Morgan fingerprint density at radius 2 is 1.70 bits per heavy atom. The summed E-state index contributed by atoms with van der Waals surface area (Å²) >= 11 is 0. The number of likely N-dealkylation sites (tertiary alicyclic amines) is 1. The molecule has 0 aromatic heterocycles. The van der Waals surface area contributed by atoms with Crippen LogP contribution in [0.1, 0.15) is 84.0 Å². The molecule has 23 heavy (non-hydrogen) atoms. The van der Waals surface area contributed by atoms with Crippen molar-refractivity contribution < 1.29 is 9.59 Å². The van der Waals surface area contributed by atoms with E-state index in [1.165, 1.54) is 32.1 Å². The van der Waals surface area contributed by atoms with Gasteiger partial charge in [0.15, 0.2) is 0 Å². The van der Waals surface area contributed by atoms with Crippen molar-refractivity contribution in [1.29, 1.82) is 0 Å². The summed E-state index contributed by atoms with van der Waals surface area (Å²) in [5.74, 6) is 1.27. The van der Waals surface area contributed by atoms with Gasteiger partial charge in [0.05, 0.1) is 0 Å². The maximum atomic E-state index is 12.1. The van der Waals surface area contributed by atoms with Crippen LogP contribution in [0.3, 0.4) is 0 Å². The number of rotatable bonds is 7. The van der Waals surface area contributed by atoms with Gasteiger partial charge in [-0.25, -0.2) is 0 Å². The first-order chi connectivity index (χ1) is 11.2. The van der Waals surface area contributed by atoms with Crippen molar-refractivity contribution in [3.8, 4) is 0 Å². The van der Waals surface area contributed by atoms with Crippen LogP contribution in [0.5, 0.6) is 0 Å². The minimum Gasteiger partial charge on any atom is -0.353 e. The Kier molecular flexibility index (Phi) is 7.90. The van der Waals surface area contributed by atoms with Crippen LogP contribution >= 0.6 is 0 Å². The molecule has 2 fully saturated rings. The van der Waals surface area contributed by atoms with E-state index < -0.39 is 0 Å². The number of nitrogens with zero attached hydrogens (tertiary/aromatic N) is 1. The second kappa shape index (κ2) is 9.94. The molecule has 0 spiro atoms. The van der Waals surface area contributed by atoms with Gasteiger partial charge < -0.3 is 10.2 Å². The third-order valence-corrected chi connectivity index (χ3v) is 5.46. The van der Waals surface area contributed by atoms with Gasteiger partial charge in [-0.2, -0.15) is 0 Å². The van der Waals surface area contributed by atoms with Crippen LogP contribution in [0.25, 0.3) is 0 Å². The molecule has 0 aromatic carbocycles. The third-order valence-electron chi connectivity index (χ3n) is 5.46. The highest BCUT2D eigenvalue weighted by atomic mass is 16.2. The molecule has 1 aliphatic heterocycles. The second-order valence-corrected chi connectivity index (χ2v) is 7.37. The van der Waals surface area contributed by atoms with E-state index in [1.807, 2.05) is 4.90 Å². The highest BCUT2D eigenvalue weighted by molar-refractivity contribution is 5.77. The maximum absolute atomic E-state index is 12.1. The predicted molar refractivity (Wildman–Crippen MR) is 93.1 cm³/mol. The molecule has 0 unspecified atom stereocenters. The number of amides is 2. The number of hydrogen-bond donors (Lipinski definition) is 1. The first-order valence-corrected chi connectivity index (χ1v) is 9.76. The van der Waals surface area contributed by atoms with Crippen molar-refractivity contribution in [2.24, 2.45) is 5.92 Å². The SMILES string of the molecule is CCCCC(=O)N1CCC(NC(=O)CCC2CCCCC2)CC1. The van der Waals surface area contributed by atoms with Crippen molar-refractivity contribution in [1.82, 2.24) is 10.2 Å². The van der Waals surface area contributed by atoms with Gasteiger partial charge in [0, 0.05) is 32.0 Å². The summed E-state index contributed by atoms with van der Waals surface area (Å²) in [6.07, 6.45) is 13.0. The van der Waals surface area contributed by atoms with Gasteiger partial charge in [-0.3, -0.25) is 9.59 Å². The van der Waals surface area contributed by atoms with E-state index in [1.54, 1.807) is 0 Å². The lowest BCUT2D eigenvalue weighted by atomic mass is 9.86. The van der Waals surface area contributed by atoms with Crippen LogP contribution in [0.4, 0.5) is 0 Å². The number of carbonyl (C=O) groups is 2. The van der Waals surface area contributed by atoms with E-state index >= 15 is 0 Å². The summed E-state index contributed by atoms with van der Waals surface area (Å²) < 4.78 is 0. The molecule has 4 heteroatoms. The molecule has 0 radical (unpaired) electrons. The second-order valence-electron chi connectivity index (χ2n) is 7.37. The molecule has 1 aliphatic carbocycles. The van der Waals surface area contributed by atoms with Crippen LogP contribution in [-0.4, -0.2) is 35.8 Å². The Labute approximate surface area is 141 Å². The summed E-state index contributed by atoms with van der Waals surface area (Å²) in [6, 6.07) is 0.268. The standard InChI is InChI=1S/C19H34N2O2/c1-2-3-9-19(23)21-14-12-17(13-15-21)20-18(22)11-10-16-7-5-4-6-8-16/h16-17H,2-15H2,1H3,(H,20,22). The average molecular weight is 322 g/mol. The summed E-state index contributed by atoms with van der Waals surface area (Å²) in [5, 5.41) is 3.18. The Morgan fingerprint density at radius 1 is 1.00 bits per heavy atom. The molecule has 0 atom stereocenters. The number of piperidine rings is 1. The zero-order valence-corrected chi connectivity index (χ0v) is 14.8. The van der Waals surface area contributed by atoms with Crippen molar-refractivity contribution in [2.75, 3.05) is 13.1 Å². The lowest BCUT2D eigenvalue weighted by molar-refractivity contribution is -0.132. The average Bonchev–Trinajstić information content (AvgIpc) is 2.59. The first kappa shape index (κ1) is 18.3. The largest absolute Gasteiger partial charge is 0.353 e. The molecule has 132 valence electrons. The highest BCUT2D eigenvalue weighted by Gasteiger charge is 2.23. The molecule has 0 aromatic rings.